The average Bonchev–Trinajstić information content (AvgIpc) is 2.66. The largest absolute Gasteiger partial charge is 0.371 e. The number of aryl methyl sites for hydroxylation is 1. The lowest BCUT2D eigenvalue weighted by Gasteiger charge is -2.33. The fourth-order valence-electron chi connectivity index (χ4n) is 3.38. The van der Waals surface area contributed by atoms with Gasteiger partial charge in [-0.15, -0.1) is 0 Å². The van der Waals surface area contributed by atoms with E-state index in [4.69, 9.17) is 4.74 Å². The normalized spacial score (nSPS) is 18.5. The van der Waals surface area contributed by atoms with Gasteiger partial charge in [-0.3, -0.25) is 4.90 Å². The summed E-state index contributed by atoms with van der Waals surface area (Å²) >= 11 is 0. The second-order valence-corrected chi connectivity index (χ2v) is 8.87. The van der Waals surface area contributed by atoms with Gasteiger partial charge in [-0.1, -0.05) is 60.2 Å². The van der Waals surface area contributed by atoms with Crippen LogP contribution in [0.5, 0.6) is 0 Å². The van der Waals surface area contributed by atoms with Crippen molar-refractivity contribution in [3.63, 3.8) is 0 Å². The Bertz CT molecular complexity index is 824. The minimum atomic E-state index is -3.30. The first-order chi connectivity index (χ1) is 13.0. The van der Waals surface area contributed by atoms with Gasteiger partial charge in [-0.05, 0) is 31.0 Å². The fraction of sp³-hybridized carbons (Fsp3) is 0.429. The number of morpholine rings is 1. The van der Waals surface area contributed by atoms with Crippen molar-refractivity contribution in [3.05, 3.63) is 71.3 Å². The van der Waals surface area contributed by atoms with E-state index in [0.717, 1.165) is 37.2 Å². The number of benzene rings is 2. The maximum absolute atomic E-state index is 12.3. The summed E-state index contributed by atoms with van der Waals surface area (Å²) in [4.78, 5) is 2.34. The molecule has 0 aromatic heterocycles. The van der Waals surface area contributed by atoms with E-state index < -0.39 is 10.0 Å². The van der Waals surface area contributed by atoms with Crippen LogP contribution in [-0.4, -0.2) is 46.1 Å². The number of rotatable bonds is 8. The molecule has 1 aliphatic rings. The summed E-state index contributed by atoms with van der Waals surface area (Å²) < 4.78 is 33.1. The molecule has 5 nitrogen and oxygen atoms in total. The highest BCUT2D eigenvalue weighted by atomic mass is 32.2. The third-order valence-electron chi connectivity index (χ3n) is 4.73. The first-order valence-corrected chi connectivity index (χ1v) is 11.1. The zero-order valence-electron chi connectivity index (χ0n) is 15.8. The van der Waals surface area contributed by atoms with Gasteiger partial charge >= 0.3 is 0 Å². The van der Waals surface area contributed by atoms with Crippen LogP contribution in [0.1, 0.15) is 29.2 Å². The predicted octanol–water partition coefficient (Wildman–Crippen LogP) is 2.88. The smallest absolute Gasteiger partial charge is 0.215 e. The summed E-state index contributed by atoms with van der Waals surface area (Å²) in [5.74, 6) is 0.0301. The van der Waals surface area contributed by atoms with Gasteiger partial charge in [0.1, 0.15) is 0 Å². The number of nitrogens with zero attached hydrogens (tertiary/aromatic N) is 1. The third kappa shape index (κ3) is 6.43. The number of nitrogens with one attached hydrogen (secondary N) is 1. The van der Waals surface area contributed by atoms with Crippen LogP contribution >= 0.6 is 0 Å². The molecular formula is C21H28N2O3S. The zero-order chi connectivity index (χ0) is 19.1. The third-order valence-corrected chi connectivity index (χ3v) is 6.09. The van der Waals surface area contributed by atoms with Gasteiger partial charge in [0.15, 0.2) is 0 Å². The summed E-state index contributed by atoms with van der Waals surface area (Å²) in [5, 5.41) is 0. The van der Waals surface area contributed by atoms with Gasteiger partial charge in [0.25, 0.3) is 0 Å². The van der Waals surface area contributed by atoms with Gasteiger partial charge in [0.2, 0.25) is 10.0 Å². The minimum absolute atomic E-state index is 0.0301. The average molecular weight is 389 g/mol. The highest BCUT2D eigenvalue weighted by molar-refractivity contribution is 7.88. The Morgan fingerprint density at radius 1 is 1.15 bits per heavy atom. The van der Waals surface area contributed by atoms with E-state index in [2.05, 4.69) is 21.8 Å². The second kappa shape index (κ2) is 9.46. The topological polar surface area (TPSA) is 58.6 Å². The van der Waals surface area contributed by atoms with Crippen LogP contribution in [0.2, 0.25) is 0 Å². The molecular weight excluding hydrogens is 360 g/mol. The molecule has 1 atom stereocenters. The van der Waals surface area contributed by atoms with Crippen LogP contribution in [-0.2, 0) is 20.5 Å². The molecule has 0 saturated carbocycles. The van der Waals surface area contributed by atoms with Crippen LogP contribution in [0.4, 0.5) is 0 Å². The van der Waals surface area contributed by atoms with Crippen molar-refractivity contribution in [1.29, 1.82) is 0 Å². The molecule has 0 bridgehead atoms. The standard InChI is InChI=1S/C21H28N2O3S/c1-18-7-5-8-19(15-18)17-27(24,25)22-11-6-12-23-13-14-26-21(16-23)20-9-3-2-4-10-20/h2-5,7-10,15,21-22H,6,11-14,16-17H2,1H3/t21-/m0/s1. The summed E-state index contributed by atoms with van der Waals surface area (Å²) in [6, 6.07) is 17.9. The van der Waals surface area contributed by atoms with E-state index in [9.17, 15) is 8.42 Å². The maximum atomic E-state index is 12.3. The highest BCUT2D eigenvalue weighted by Crippen LogP contribution is 2.21. The van der Waals surface area contributed by atoms with Crippen LogP contribution in [0.25, 0.3) is 0 Å². The van der Waals surface area contributed by atoms with Crippen molar-refractivity contribution >= 4 is 10.0 Å². The lowest BCUT2D eigenvalue weighted by molar-refractivity contribution is -0.0300. The quantitative estimate of drug-likeness (QED) is 0.707. The summed E-state index contributed by atoms with van der Waals surface area (Å²) in [5.41, 5.74) is 3.09. The first-order valence-electron chi connectivity index (χ1n) is 9.44. The van der Waals surface area contributed by atoms with E-state index in [1.54, 1.807) is 0 Å². The molecule has 27 heavy (non-hydrogen) atoms. The lowest BCUT2D eigenvalue weighted by Crippen LogP contribution is -2.39. The molecule has 1 fully saturated rings. The molecule has 3 rings (SSSR count). The van der Waals surface area contributed by atoms with E-state index in [1.165, 1.54) is 5.56 Å². The molecule has 146 valence electrons. The second-order valence-electron chi connectivity index (χ2n) is 7.07. The van der Waals surface area contributed by atoms with Crippen molar-refractivity contribution in [1.82, 2.24) is 9.62 Å². The van der Waals surface area contributed by atoms with Gasteiger partial charge in [0, 0.05) is 19.6 Å². The van der Waals surface area contributed by atoms with Crippen LogP contribution < -0.4 is 4.72 Å². The van der Waals surface area contributed by atoms with Crippen molar-refractivity contribution in [2.75, 3.05) is 32.8 Å². The molecule has 0 radical (unpaired) electrons. The van der Waals surface area contributed by atoms with Crippen molar-refractivity contribution in [2.45, 2.75) is 25.2 Å². The van der Waals surface area contributed by atoms with Gasteiger partial charge in [0.05, 0.1) is 18.5 Å². The summed E-state index contributed by atoms with van der Waals surface area (Å²) in [6.45, 7) is 5.73. The molecule has 1 heterocycles. The fourth-order valence-corrected chi connectivity index (χ4v) is 4.55. The van der Waals surface area contributed by atoms with Gasteiger partial charge in [-0.25, -0.2) is 13.1 Å². The molecule has 0 aliphatic carbocycles. The number of hydrogen-bond acceptors (Lipinski definition) is 4. The first kappa shape index (κ1) is 20.0. The molecule has 1 aliphatic heterocycles. The van der Waals surface area contributed by atoms with E-state index in [-0.39, 0.29) is 11.9 Å². The maximum Gasteiger partial charge on any atom is 0.215 e. The van der Waals surface area contributed by atoms with Crippen LogP contribution in [0, 0.1) is 6.92 Å². The van der Waals surface area contributed by atoms with E-state index >= 15 is 0 Å². The Morgan fingerprint density at radius 3 is 2.74 bits per heavy atom. The predicted molar refractivity (Wildman–Crippen MR) is 108 cm³/mol. The van der Waals surface area contributed by atoms with Crippen molar-refractivity contribution in [3.8, 4) is 0 Å². The molecule has 0 unspecified atom stereocenters. The molecule has 2 aromatic rings. The Kier molecular flexibility index (Phi) is 7.01. The van der Waals surface area contributed by atoms with Crippen LogP contribution in [0.15, 0.2) is 54.6 Å². The molecule has 0 amide bonds. The van der Waals surface area contributed by atoms with Crippen molar-refractivity contribution < 1.29 is 13.2 Å². The van der Waals surface area contributed by atoms with Gasteiger partial charge in [-0.2, -0.15) is 0 Å². The highest BCUT2D eigenvalue weighted by Gasteiger charge is 2.21. The van der Waals surface area contributed by atoms with E-state index in [0.29, 0.717) is 13.2 Å². The lowest BCUT2D eigenvalue weighted by atomic mass is 10.1. The zero-order valence-corrected chi connectivity index (χ0v) is 16.6. The molecule has 2 aromatic carbocycles. The molecule has 0 spiro atoms. The molecule has 1 N–H and O–H groups in total. The summed E-state index contributed by atoms with van der Waals surface area (Å²) in [6.07, 6.45) is 0.882. The Labute approximate surface area is 162 Å². The van der Waals surface area contributed by atoms with Crippen molar-refractivity contribution in [2.24, 2.45) is 0 Å². The molecule has 1 saturated heterocycles. The Morgan fingerprint density at radius 2 is 1.96 bits per heavy atom. The number of sulfonamides is 1. The summed E-state index contributed by atoms with van der Waals surface area (Å²) in [7, 11) is -3.30. The molecule has 6 heteroatoms. The van der Waals surface area contributed by atoms with Crippen LogP contribution in [0.3, 0.4) is 0 Å². The Hall–Kier alpha value is -1.73. The minimum Gasteiger partial charge on any atom is -0.371 e. The monoisotopic (exact) mass is 388 g/mol. The Balaban J connectivity index is 1.41. The van der Waals surface area contributed by atoms with Gasteiger partial charge < -0.3 is 4.74 Å². The number of hydrogen-bond donors (Lipinski definition) is 1. The SMILES string of the molecule is Cc1cccc(CS(=O)(=O)NCCCN2CCO[C@H](c3ccccc3)C2)c1. The number of ether oxygens (including phenoxy) is 1. The van der Waals surface area contributed by atoms with E-state index in [1.807, 2.05) is 49.4 Å².